The Kier molecular flexibility index (Phi) is 10.2. The first-order valence-corrected chi connectivity index (χ1v) is 12.6. The van der Waals surface area contributed by atoms with Crippen molar-refractivity contribution in [1.82, 2.24) is 0 Å². The Bertz CT molecular complexity index is 746. The number of aliphatic carboxylic acids is 1. The number of rotatable bonds is 17. The van der Waals surface area contributed by atoms with Crippen LogP contribution in [0.25, 0.3) is 0 Å². The molecule has 0 atom stereocenters. The van der Waals surface area contributed by atoms with Crippen LogP contribution in [0, 0.1) is 19.3 Å². The van der Waals surface area contributed by atoms with Gasteiger partial charge in [0.05, 0.1) is 5.41 Å². The van der Waals surface area contributed by atoms with Crippen LogP contribution in [-0.4, -0.2) is 23.1 Å². The van der Waals surface area contributed by atoms with E-state index in [1.165, 1.54) is 47.9 Å². The topological polar surface area (TPSA) is 63.6 Å². The summed E-state index contributed by atoms with van der Waals surface area (Å²) in [5.41, 5.74) is 5.05. The van der Waals surface area contributed by atoms with Gasteiger partial charge in [-0.1, -0.05) is 44.2 Å². The van der Waals surface area contributed by atoms with Gasteiger partial charge in [-0.25, -0.2) is 0 Å². The van der Waals surface area contributed by atoms with Crippen LogP contribution in [0.15, 0.2) is 12.1 Å². The van der Waals surface area contributed by atoms with Gasteiger partial charge >= 0.3 is 5.97 Å². The van der Waals surface area contributed by atoms with E-state index < -0.39 is 11.4 Å². The molecule has 0 bridgehead atoms. The van der Waals surface area contributed by atoms with E-state index in [0.717, 1.165) is 64.2 Å². The fraction of sp³-hybridized carbons (Fsp3) is 0.714. The zero-order chi connectivity index (χ0) is 23.6. The number of unbranched alkanes of at least 4 members (excludes halogenated alkanes) is 6. The van der Waals surface area contributed by atoms with Gasteiger partial charge in [0.1, 0.15) is 5.60 Å². The molecule has 0 aliphatic heterocycles. The summed E-state index contributed by atoms with van der Waals surface area (Å²) in [6.45, 7) is 8.71. The lowest BCUT2D eigenvalue weighted by Gasteiger charge is -2.18. The molecule has 4 nitrogen and oxygen atoms in total. The monoisotopic (exact) mass is 444 g/mol. The van der Waals surface area contributed by atoms with E-state index in [2.05, 4.69) is 26.0 Å². The second kappa shape index (κ2) is 12.4. The molecule has 1 N–H and O–H groups in total. The molecule has 1 aromatic rings. The normalized spacial score (nSPS) is 14.9. The average Bonchev–Trinajstić information content (AvgIpc) is 3.50. The molecule has 1 aromatic carbocycles. The van der Waals surface area contributed by atoms with Crippen molar-refractivity contribution < 1.29 is 19.4 Å². The first kappa shape index (κ1) is 26.4. The van der Waals surface area contributed by atoms with Gasteiger partial charge in [0, 0.05) is 0 Å². The minimum Gasteiger partial charge on any atom is -0.481 e. The van der Waals surface area contributed by atoms with Crippen molar-refractivity contribution in [2.45, 2.75) is 123 Å². The second-order valence-electron chi connectivity index (χ2n) is 10.6. The van der Waals surface area contributed by atoms with Crippen molar-refractivity contribution in [1.29, 1.82) is 0 Å². The van der Waals surface area contributed by atoms with Crippen LogP contribution < -0.4 is 0 Å². The molecule has 0 radical (unpaired) electrons. The first-order valence-electron chi connectivity index (χ1n) is 12.6. The lowest BCUT2D eigenvalue weighted by atomic mass is 9.87. The highest BCUT2D eigenvalue weighted by Gasteiger charge is 2.44. The number of aryl methyl sites for hydroxylation is 3. The van der Waals surface area contributed by atoms with Gasteiger partial charge in [0.15, 0.2) is 0 Å². The number of ether oxygens (including phenoxy) is 1. The summed E-state index contributed by atoms with van der Waals surface area (Å²) >= 11 is 0. The van der Waals surface area contributed by atoms with E-state index in [9.17, 15) is 14.7 Å². The Morgan fingerprint density at radius 2 is 1.62 bits per heavy atom. The summed E-state index contributed by atoms with van der Waals surface area (Å²) in [6.07, 6.45) is 15.3. The van der Waals surface area contributed by atoms with E-state index in [1.54, 1.807) is 0 Å². The number of benzene rings is 1. The maximum absolute atomic E-state index is 11.2. The Morgan fingerprint density at radius 3 is 2.25 bits per heavy atom. The molecule has 180 valence electrons. The molecule has 0 aromatic heterocycles. The van der Waals surface area contributed by atoms with Crippen LogP contribution in [-0.2, 0) is 27.2 Å². The Hall–Kier alpha value is -1.84. The predicted molar refractivity (Wildman–Crippen MR) is 130 cm³/mol. The molecule has 1 saturated carbocycles. The lowest BCUT2D eigenvalue weighted by molar-refractivity contribution is -0.147. The molecule has 0 unspecified atom stereocenters. The lowest BCUT2D eigenvalue weighted by Crippen LogP contribution is -2.23. The van der Waals surface area contributed by atoms with Crippen molar-refractivity contribution in [3.05, 3.63) is 34.4 Å². The van der Waals surface area contributed by atoms with Crippen LogP contribution in [0.5, 0.6) is 0 Å². The van der Waals surface area contributed by atoms with Crippen molar-refractivity contribution in [3.63, 3.8) is 0 Å². The van der Waals surface area contributed by atoms with Crippen LogP contribution in [0.2, 0.25) is 0 Å². The number of hydrogen-bond acceptors (Lipinski definition) is 3. The van der Waals surface area contributed by atoms with E-state index in [-0.39, 0.29) is 5.60 Å². The fourth-order valence-corrected chi connectivity index (χ4v) is 4.56. The van der Waals surface area contributed by atoms with Crippen LogP contribution >= 0.6 is 0 Å². The predicted octanol–water partition coefficient (Wildman–Crippen LogP) is 7.11. The third-order valence-corrected chi connectivity index (χ3v) is 7.37. The number of carbonyl (C=O) groups excluding carboxylic acids is 1. The Labute approximate surface area is 195 Å². The van der Waals surface area contributed by atoms with Gasteiger partial charge in [-0.3, -0.25) is 9.59 Å². The highest BCUT2D eigenvalue weighted by Crippen LogP contribution is 2.43. The summed E-state index contributed by atoms with van der Waals surface area (Å²) in [5, 5.41) is 9.21. The maximum atomic E-state index is 11.2. The zero-order valence-electron chi connectivity index (χ0n) is 20.8. The molecule has 0 heterocycles. The van der Waals surface area contributed by atoms with Crippen molar-refractivity contribution in [3.8, 4) is 0 Å². The van der Waals surface area contributed by atoms with Crippen LogP contribution in [0.1, 0.15) is 113 Å². The minimum atomic E-state index is -0.695. The zero-order valence-corrected chi connectivity index (χ0v) is 20.8. The van der Waals surface area contributed by atoms with E-state index >= 15 is 0 Å². The van der Waals surface area contributed by atoms with Gasteiger partial charge < -0.3 is 9.84 Å². The molecule has 0 amide bonds. The van der Waals surface area contributed by atoms with Gasteiger partial charge in [-0.2, -0.15) is 0 Å². The Balaban J connectivity index is 1.67. The third kappa shape index (κ3) is 8.60. The molecule has 1 aliphatic carbocycles. The van der Waals surface area contributed by atoms with E-state index in [4.69, 9.17) is 4.74 Å². The maximum Gasteiger partial charge on any atom is 0.309 e. The minimum absolute atomic E-state index is 0.101. The SMILES string of the molecule is Cc1cc(CCCCCCC(C)(C)C(=O)O)cc(CCCCCCC2(OC=O)CC2)c1C. The summed E-state index contributed by atoms with van der Waals surface area (Å²) in [4.78, 5) is 21.8. The standard InChI is InChI=1S/C28H44O4/c1-22-19-24(13-9-5-7-11-15-27(3,4)26(30)31)20-25(23(22)2)14-10-6-8-12-16-28(17-18-28)32-21-29/h19-21H,5-18H2,1-4H3,(H,30,31). The molecule has 4 heteroatoms. The van der Waals surface area contributed by atoms with Gasteiger partial charge in [0.25, 0.3) is 6.47 Å². The van der Waals surface area contributed by atoms with Gasteiger partial charge in [-0.15, -0.1) is 0 Å². The fourth-order valence-electron chi connectivity index (χ4n) is 4.56. The number of carboxylic acids is 1. The van der Waals surface area contributed by atoms with Gasteiger partial charge in [0.2, 0.25) is 0 Å². The number of carboxylic acid groups (broad SMARTS) is 1. The van der Waals surface area contributed by atoms with E-state index in [0.29, 0.717) is 6.47 Å². The molecule has 2 rings (SSSR count). The molecule has 1 fully saturated rings. The molecule has 0 saturated heterocycles. The smallest absolute Gasteiger partial charge is 0.309 e. The highest BCUT2D eigenvalue weighted by molar-refractivity contribution is 5.73. The quantitative estimate of drug-likeness (QED) is 0.205. The second-order valence-corrected chi connectivity index (χ2v) is 10.6. The highest BCUT2D eigenvalue weighted by atomic mass is 16.5. The average molecular weight is 445 g/mol. The third-order valence-electron chi connectivity index (χ3n) is 7.37. The van der Waals surface area contributed by atoms with Crippen LogP contribution in [0.4, 0.5) is 0 Å². The van der Waals surface area contributed by atoms with Crippen molar-refractivity contribution in [2.75, 3.05) is 0 Å². The molecular formula is C28H44O4. The molecule has 0 spiro atoms. The first-order chi connectivity index (χ1) is 15.2. The van der Waals surface area contributed by atoms with Crippen molar-refractivity contribution >= 4 is 12.4 Å². The summed E-state index contributed by atoms with van der Waals surface area (Å²) in [6, 6.07) is 4.75. The van der Waals surface area contributed by atoms with Crippen LogP contribution in [0.3, 0.4) is 0 Å². The molecular weight excluding hydrogens is 400 g/mol. The summed E-state index contributed by atoms with van der Waals surface area (Å²) < 4.78 is 5.23. The Morgan fingerprint density at radius 1 is 1.00 bits per heavy atom. The summed E-state index contributed by atoms with van der Waals surface area (Å²) in [5.74, 6) is -0.695. The number of hydrogen-bond donors (Lipinski definition) is 1. The largest absolute Gasteiger partial charge is 0.481 e. The number of carbonyl (C=O) groups is 2. The van der Waals surface area contributed by atoms with Gasteiger partial charge in [-0.05, 0) is 108 Å². The van der Waals surface area contributed by atoms with E-state index in [1.807, 2.05) is 13.8 Å². The summed E-state index contributed by atoms with van der Waals surface area (Å²) in [7, 11) is 0. The van der Waals surface area contributed by atoms with Crippen molar-refractivity contribution in [2.24, 2.45) is 5.41 Å². The molecule has 1 aliphatic rings. The molecule has 32 heavy (non-hydrogen) atoms.